The minimum Gasteiger partial charge on any atom is -0.394 e. The summed E-state index contributed by atoms with van der Waals surface area (Å²) in [4.78, 5) is 13.4. The molecule has 3 aliphatic heterocycles. The van der Waals surface area contributed by atoms with Gasteiger partial charge >= 0.3 is 0 Å². The molecule has 17 atom stereocenters. The van der Waals surface area contributed by atoms with Crippen LogP contribution in [-0.2, 0) is 33.2 Å². The molecule has 0 aliphatic carbocycles. The van der Waals surface area contributed by atoms with Gasteiger partial charge in [-0.3, -0.25) is 4.79 Å². The van der Waals surface area contributed by atoms with Crippen LogP contribution in [0.5, 0.6) is 0 Å². The number of hydrogen-bond donors (Lipinski definition) is 12. The van der Waals surface area contributed by atoms with Crippen LogP contribution in [0.15, 0.2) is 72.9 Å². The molecule has 17 unspecified atom stereocenters. The molecule has 0 aromatic heterocycles. The zero-order valence-corrected chi connectivity index (χ0v) is 53.0. The van der Waals surface area contributed by atoms with E-state index >= 15 is 0 Å². The molecule has 3 heterocycles. The maximum atomic E-state index is 13.4. The quantitative estimate of drug-likeness (QED) is 0.0202. The fourth-order valence-corrected chi connectivity index (χ4v) is 10.9. The van der Waals surface area contributed by atoms with E-state index in [-0.39, 0.29) is 18.9 Å². The van der Waals surface area contributed by atoms with Crippen LogP contribution in [0.25, 0.3) is 0 Å². The number of nitrogens with one attached hydrogen (secondary N) is 1. The van der Waals surface area contributed by atoms with Crippen LogP contribution in [0.3, 0.4) is 0 Å². The Kier molecular flexibility index (Phi) is 45.0. The van der Waals surface area contributed by atoms with Gasteiger partial charge in [-0.1, -0.05) is 202 Å². The molecule has 0 radical (unpaired) electrons. The topological polar surface area (TPSA) is 307 Å². The van der Waals surface area contributed by atoms with E-state index in [1.54, 1.807) is 6.08 Å². The van der Waals surface area contributed by atoms with Crippen LogP contribution >= 0.6 is 0 Å². The van der Waals surface area contributed by atoms with E-state index in [9.17, 15) is 61.0 Å². The predicted octanol–water partition coefficient (Wildman–Crippen LogP) is 8.16. The molecule has 1 amide bonds. The number of ether oxygens (including phenoxy) is 6. The molecule has 0 bridgehead atoms. The minimum atomic E-state index is -1.98. The standard InChI is InChI=1S/C68H119NO18/c1-3-5-7-9-11-13-15-17-19-20-21-22-23-24-25-26-27-28-29-30-32-34-36-38-40-42-44-46-56(74)69-51(52(73)45-43-41-39-37-35-33-31-18-16-14-12-10-8-6-4-2)50-82-66-62(80)59(77)64(54(48-71)84-66)87-68-63(81)60(78)65(55(49-72)85-68)86-67-61(79)58(76)57(75)53(47-70)83-67/h15-18,20-21,23-24,35,37,43,45,51-55,57-68,70-73,75-81H,3-14,19,22,25-34,36,38-42,44,46-50H2,1-2H3,(H,69,74)/b17-15-,18-16+,21-20-,24-23-,37-35+,45-43+. The van der Waals surface area contributed by atoms with Gasteiger partial charge in [-0.15, -0.1) is 0 Å². The van der Waals surface area contributed by atoms with Gasteiger partial charge in [-0.2, -0.15) is 0 Å². The summed E-state index contributed by atoms with van der Waals surface area (Å²) in [5.74, 6) is -0.294. The molecule has 504 valence electrons. The Hall–Kier alpha value is -2.77. The van der Waals surface area contributed by atoms with E-state index in [4.69, 9.17) is 28.4 Å². The first-order valence-electron chi connectivity index (χ1n) is 33.7. The van der Waals surface area contributed by atoms with Gasteiger partial charge in [0, 0.05) is 6.42 Å². The summed E-state index contributed by atoms with van der Waals surface area (Å²) < 4.78 is 34.3. The average molecular weight is 1240 g/mol. The number of rotatable bonds is 50. The van der Waals surface area contributed by atoms with Crippen molar-refractivity contribution in [1.82, 2.24) is 5.32 Å². The third kappa shape index (κ3) is 32.4. The van der Waals surface area contributed by atoms with Gasteiger partial charge in [0.15, 0.2) is 18.9 Å². The summed E-state index contributed by atoms with van der Waals surface area (Å²) in [5.41, 5.74) is 0. The normalized spacial score (nSPS) is 29.0. The van der Waals surface area contributed by atoms with Crippen molar-refractivity contribution in [3.05, 3.63) is 72.9 Å². The summed E-state index contributed by atoms with van der Waals surface area (Å²) in [6.07, 6.45) is 34.5. The number of carbonyl (C=O) groups is 1. The van der Waals surface area contributed by atoms with Crippen LogP contribution in [0.4, 0.5) is 0 Å². The van der Waals surface area contributed by atoms with E-state index < -0.39 is 124 Å². The summed E-state index contributed by atoms with van der Waals surface area (Å²) in [5, 5.41) is 120. The van der Waals surface area contributed by atoms with Crippen LogP contribution < -0.4 is 5.32 Å². The Bertz CT molecular complexity index is 1860. The second-order valence-electron chi connectivity index (χ2n) is 23.9. The molecule has 87 heavy (non-hydrogen) atoms. The SMILES string of the molecule is CCCCCCC/C=C\C/C=C\C/C=C\CCCCCCCCCCCCCCC(=O)NC(COC1OC(CO)C(OC2OC(CO)C(OC3OC(CO)C(O)C(O)C3O)C(O)C2O)C(O)C1O)C(O)/C=C/CC/C=C/CC/C=C/CCCCCCC. The Balaban J connectivity index is 1.44. The van der Waals surface area contributed by atoms with Crippen molar-refractivity contribution in [1.29, 1.82) is 0 Å². The second-order valence-corrected chi connectivity index (χ2v) is 23.9. The molecule has 0 aromatic rings. The van der Waals surface area contributed by atoms with Crippen molar-refractivity contribution < 1.29 is 89.4 Å². The van der Waals surface area contributed by atoms with Gasteiger partial charge < -0.3 is 89.9 Å². The number of amides is 1. The lowest BCUT2D eigenvalue weighted by Gasteiger charge is -2.48. The van der Waals surface area contributed by atoms with Crippen molar-refractivity contribution in [3.8, 4) is 0 Å². The number of allylic oxidation sites excluding steroid dienone is 11. The molecular weight excluding hydrogens is 1120 g/mol. The minimum absolute atomic E-state index is 0.227. The van der Waals surface area contributed by atoms with Gasteiger partial charge in [-0.25, -0.2) is 0 Å². The van der Waals surface area contributed by atoms with E-state index in [2.05, 4.69) is 79.9 Å². The van der Waals surface area contributed by atoms with Crippen LogP contribution in [-0.4, -0.2) is 193 Å². The van der Waals surface area contributed by atoms with Crippen molar-refractivity contribution >= 4 is 5.91 Å². The van der Waals surface area contributed by atoms with Crippen LogP contribution in [0.1, 0.15) is 219 Å². The highest BCUT2D eigenvalue weighted by Gasteiger charge is 2.53. The lowest BCUT2D eigenvalue weighted by atomic mass is 9.96. The van der Waals surface area contributed by atoms with E-state index in [0.717, 1.165) is 70.6 Å². The molecule has 0 aromatic carbocycles. The van der Waals surface area contributed by atoms with Crippen LogP contribution in [0.2, 0.25) is 0 Å². The van der Waals surface area contributed by atoms with Gasteiger partial charge in [0.2, 0.25) is 5.91 Å². The van der Waals surface area contributed by atoms with Gasteiger partial charge in [0.25, 0.3) is 0 Å². The molecule has 3 rings (SSSR count). The Morgan fingerprint density at radius 1 is 0.414 bits per heavy atom. The zero-order valence-electron chi connectivity index (χ0n) is 53.0. The molecule has 3 aliphatic rings. The Labute approximate surface area is 521 Å². The van der Waals surface area contributed by atoms with Crippen molar-refractivity contribution in [2.75, 3.05) is 26.4 Å². The van der Waals surface area contributed by atoms with Crippen molar-refractivity contribution in [2.24, 2.45) is 0 Å². The van der Waals surface area contributed by atoms with Crippen molar-refractivity contribution in [3.63, 3.8) is 0 Å². The third-order valence-electron chi connectivity index (χ3n) is 16.5. The van der Waals surface area contributed by atoms with E-state index in [0.29, 0.717) is 12.8 Å². The molecule has 3 fully saturated rings. The Morgan fingerprint density at radius 2 is 0.770 bits per heavy atom. The van der Waals surface area contributed by atoms with E-state index in [1.807, 2.05) is 6.08 Å². The highest BCUT2D eigenvalue weighted by Crippen LogP contribution is 2.33. The first-order valence-corrected chi connectivity index (χ1v) is 33.7. The molecule has 12 N–H and O–H groups in total. The van der Waals surface area contributed by atoms with Gasteiger partial charge in [0.05, 0.1) is 38.6 Å². The predicted molar refractivity (Wildman–Crippen MR) is 337 cm³/mol. The molecule has 0 saturated carbocycles. The lowest BCUT2D eigenvalue weighted by molar-refractivity contribution is -0.379. The maximum absolute atomic E-state index is 13.4. The molecule has 3 saturated heterocycles. The summed E-state index contributed by atoms with van der Waals surface area (Å²) in [7, 11) is 0. The number of aliphatic hydroxyl groups excluding tert-OH is 11. The summed E-state index contributed by atoms with van der Waals surface area (Å²) >= 11 is 0. The zero-order chi connectivity index (χ0) is 63.3. The van der Waals surface area contributed by atoms with Crippen LogP contribution in [0, 0.1) is 0 Å². The fraction of sp³-hybridized carbons (Fsp3) is 0.809. The smallest absolute Gasteiger partial charge is 0.220 e. The molecule has 0 spiro atoms. The highest BCUT2D eigenvalue weighted by atomic mass is 16.8. The Morgan fingerprint density at radius 3 is 1.23 bits per heavy atom. The first kappa shape index (κ1) is 78.5. The third-order valence-corrected chi connectivity index (χ3v) is 16.5. The summed E-state index contributed by atoms with van der Waals surface area (Å²) in [6.45, 7) is 1.66. The van der Waals surface area contributed by atoms with Gasteiger partial charge in [0.1, 0.15) is 73.2 Å². The van der Waals surface area contributed by atoms with Gasteiger partial charge in [-0.05, 0) is 83.5 Å². The first-order chi connectivity index (χ1) is 42.3. The summed E-state index contributed by atoms with van der Waals surface area (Å²) in [6, 6.07) is -1.00. The molecule has 19 nitrogen and oxygen atoms in total. The average Bonchev–Trinajstić information content (AvgIpc) is 1.10. The van der Waals surface area contributed by atoms with E-state index in [1.165, 1.54) is 116 Å². The number of aliphatic hydroxyl groups is 11. The number of unbranched alkanes of at least 4 members (excludes halogenated alkanes) is 24. The fourth-order valence-electron chi connectivity index (χ4n) is 10.9. The number of hydrogen-bond acceptors (Lipinski definition) is 18. The lowest BCUT2D eigenvalue weighted by Crippen LogP contribution is -2.66. The molecular formula is C68H119NO18. The largest absolute Gasteiger partial charge is 0.394 e. The number of carbonyl (C=O) groups excluding carboxylic acids is 1. The maximum Gasteiger partial charge on any atom is 0.220 e. The second kappa shape index (κ2) is 49.9. The monoisotopic (exact) mass is 1240 g/mol. The van der Waals surface area contributed by atoms with Crippen molar-refractivity contribution in [2.45, 2.75) is 324 Å². The molecule has 19 heteroatoms. The highest BCUT2D eigenvalue weighted by molar-refractivity contribution is 5.76.